The third-order valence-corrected chi connectivity index (χ3v) is 2.84. The first kappa shape index (κ1) is 15.5. The van der Waals surface area contributed by atoms with Gasteiger partial charge in [0.2, 0.25) is 0 Å². The normalized spacial score (nSPS) is 10.1. The first-order valence-electron chi connectivity index (χ1n) is 6.06. The van der Waals surface area contributed by atoms with E-state index in [4.69, 9.17) is 21.1 Å². The van der Waals surface area contributed by atoms with Gasteiger partial charge in [0.05, 0.1) is 25.2 Å². The number of rotatable bonds is 7. The molecule has 4 nitrogen and oxygen atoms in total. The van der Waals surface area contributed by atoms with Crippen LogP contribution in [0.25, 0.3) is 0 Å². The highest BCUT2D eigenvalue weighted by molar-refractivity contribution is 6.32. The largest absolute Gasteiger partial charge is 0.495 e. The Bertz CT molecular complexity index is 457. The summed E-state index contributed by atoms with van der Waals surface area (Å²) < 4.78 is 9.85. The van der Waals surface area contributed by atoms with E-state index in [9.17, 15) is 9.59 Å². The van der Waals surface area contributed by atoms with Crippen molar-refractivity contribution in [2.75, 3.05) is 13.7 Å². The average Bonchev–Trinajstić information content (AvgIpc) is 2.39. The van der Waals surface area contributed by atoms with Crippen LogP contribution in [0.15, 0.2) is 18.2 Å². The summed E-state index contributed by atoms with van der Waals surface area (Å²) in [6.07, 6.45) is 0.564. The highest BCUT2D eigenvalue weighted by Gasteiger charge is 2.10. The number of carbonyl (C=O) groups is 2. The molecule has 0 aliphatic heterocycles. The van der Waals surface area contributed by atoms with Gasteiger partial charge in [-0.05, 0) is 24.6 Å². The maximum atomic E-state index is 11.7. The lowest BCUT2D eigenvalue weighted by Crippen LogP contribution is -2.09. The Morgan fingerprint density at radius 2 is 2.00 bits per heavy atom. The van der Waals surface area contributed by atoms with Crippen molar-refractivity contribution in [1.82, 2.24) is 0 Å². The summed E-state index contributed by atoms with van der Waals surface area (Å²) in [6.45, 7) is 2.07. The van der Waals surface area contributed by atoms with Gasteiger partial charge in [-0.25, -0.2) is 0 Å². The molecular weight excluding hydrogens is 268 g/mol. The minimum atomic E-state index is -0.343. The predicted molar refractivity (Wildman–Crippen MR) is 72.6 cm³/mol. The fourth-order valence-corrected chi connectivity index (χ4v) is 1.80. The molecule has 0 aliphatic carbocycles. The van der Waals surface area contributed by atoms with Crippen molar-refractivity contribution < 1.29 is 19.1 Å². The zero-order valence-corrected chi connectivity index (χ0v) is 11.8. The van der Waals surface area contributed by atoms with Crippen LogP contribution in [0.5, 0.6) is 5.75 Å². The van der Waals surface area contributed by atoms with Gasteiger partial charge in [0, 0.05) is 12.8 Å². The van der Waals surface area contributed by atoms with Crippen molar-refractivity contribution in [3.63, 3.8) is 0 Å². The summed E-state index contributed by atoms with van der Waals surface area (Å²) in [5.74, 6) is 0.180. The molecular formula is C14H17ClO4. The molecule has 0 aliphatic rings. The molecule has 0 N–H and O–H groups in total. The van der Waals surface area contributed by atoms with Gasteiger partial charge in [-0.2, -0.15) is 0 Å². The summed E-state index contributed by atoms with van der Waals surface area (Å²) in [7, 11) is 1.52. The Hall–Kier alpha value is -1.55. The van der Waals surface area contributed by atoms with Crippen LogP contribution in [-0.4, -0.2) is 25.5 Å². The Morgan fingerprint density at radius 1 is 1.26 bits per heavy atom. The Balaban J connectivity index is 2.50. The van der Waals surface area contributed by atoms with E-state index in [0.29, 0.717) is 17.4 Å². The van der Waals surface area contributed by atoms with Crippen molar-refractivity contribution in [1.29, 1.82) is 0 Å². The Kier molecular flexibility index (Phi) is 6.36. The molecule has 1 rings (SSSR count). The molecule has 0 atom stereocenters. The first-order valence-corrected chi connectivity index (χ1v) is 6.44. The fraction of sp³-hybridized carbons (Fsp3) is 0.429. The van der Waals surface area contributed by atoms with Gasteiger partial charge >= 0.3 is 5.97 Å². The van der Waals surface area contributed by atoms with Crippen LogP contribution in [0.1, 0.15) is 25.3 Å². The van der Waals surface area contributed by atoms with Crippen molar-refractivity contribution in [2.45, 2.75) is 26.2 Å². The number of benzene rings is 1. The maximum absolute atomic E-state index is 11.7. The highest BCUT2D eigenvalue weighted by Crippen LogP contribution is 2.25. The number of ketones is 1. The SMILES string of the molecule is CCOC(=O)CCC(=O)Cc1ccc(Cl)c(OC)c1. The van der Waals surface area contributed by atoms with E-state index in [1.165, 1.54) is 7.11 Å². The van der Waals surface area contributed by atoms with Gasteiger partial charge in [-0.1, -0.05) is 17.7 Å². The quantitative estimate of drug-likeness (QED) is 0.723. The van der Waals surface area contributed by atoms with Crippen molar-refractivity contribution >= 4 is 23.4 Å². The van der Waals surface area contributed by atoms with Gasteiger partial charge in [-0.15, -0.1) is 0 Å². The maximum Gasteiger partial charge on any atom is 0.306 e. The third kappa shape index (κ3) is 5.30. The van der Waals surface area contributed by atoms with Crippen LogP contribution < -0.4 is 4.74 Å². The third-order valence-electron chi connectivity index (χ3n) is 2.53. The summed E-state index contributed by atoms with van der Waals surface area (Å²) in [4.78, 5) is 22.9. The number of esters is 1. The van der Waals surface area contributed by atoms with E-state index in [1.807, 2.05) is 0 Å². The average molecular weight is 285 g/mol. The van der Waals surface area contributed by atoms with Gasteiger partial charge in [0.15, 0.2) is 0 Å². The molecule has 19 heavy (non-hydrogen) atoms. The second-order valence-corrected chi connectivity index (χ2v) is 4.40. The molecule has 0 bridgehead atoms. The molecule has 0 unspecified atom stereocenters. The molecule has 0 spiro atoms. The number of hydrogen-bond donors (Lipinski definition) is 0. The van der Waals surface area contributed by atoms with Gasteiger partial charge in [0.1, 0.15) is 11.5 Å². The molecule has 0 saturated heterocycles. The number of Topliss-reactive ketones (excluding diaryl/α,β-unsaturated/α-hetero) is 1. The van der Waals surface area contributed by atoms with E-state index < -0.39 is 0 Å². The summed E-state index contributed by atoms with van der Waals surface area (Å²) in [5, 5.41) is 0.505. The molecule has 0 fully saturated rings. The van der Waals surface area contributed by atoms with Crippen molar-refractivity contribution in [3.8, 4) is 5.75 Å². The fourth-order valence-electron chi connectivity index (χ4n) is 1.60. The topological polar surface area (TPSA) is 52.6 Å². The number of halogens is 1. The number of methoxy groups -OCH3 is 1. The highest BCUT2D eigenvalue weighted by atomic mass is 35.5. The van der Waals surface area contributed by atoms with E-state index in [-0.39, 0.29) is 31.0 Å². The molecule has 0 aromatic heterocycles. The summed E-state index contributed by atoms with van der Waals surface area (Å²) in [5.41, 5.74) is 0.815. The molecule has 1 aromatic carbocycles. The number of hydrogen-bond acceptors (Lipinski definition) is 4. The molecule has 0 heterocycles. The van der Waals surface area contributed by atoms with E-state index in [2.05, 4.69) is 0 Å². The second-order valence-electron chi connectivity index (χ2n) is 3.99. The minimum absolute atomic E-state index is 0.0163. The van der Waals surface area contributed by atoms with E-state index in [1.54, 1.807) is 25.1 Å². The smallest absolute Gasteiger partial charge is 0.306 e. The van der Waals surface area contributed by atoms with Crippen LogP contribution in [0, 0.1) is 0 Å². The van der Waals surface area contributed by atoms with Crippen LogP contribution in [0.4, 0.5) is 0 Å². The van der Waals surface area contributed by atoms with Crippen LogP contribution in [-0.2, 0) is 20.7 Å². The first-order chi connectivity index (χ1) is 9.06. The lowest BCUT2D eigenvalue weighted by atomic mass is 10.1. The monoisotopic (exact) mass is 284 g/mol. The van der Waals surface area contributed by atoms with Crippen LogP contribution in [0.3, 0.4) is 0 Å². The lowest BCUT2D eigenvalue weighted by molar-refractivity contribution is -0.144. The molecule has 104 valence electrons. The number of ether oxygens (including phenoxy) is 2. The molecule has 0 radical (unpaired) electrons. The Morgan fingerprint density at radius 3 is 2.63 bits per heavy atom. The summed E-state index contributed by atoms with van der Waals surface area (Å²) >= 11 is 5.90. The van der Waals surface area contributed by atoms with Crippen molar-refractivity contribution in [2.24, 2.45) is 0 Å². The minimum Gasteiger partial charge on any atom is -0.495 e. The van der Waals surface area contributed by atoms with E-state index >= 15 is 0 Å². The van der Waals surface area contributed by atoms with Gasteiger partial charge < -0.3 is 9.47 Å². The lowest BCUT2D eigenvalue weighted by Gasteiger charge is -2.06. The molecule has 5 heteroatoms. The van der Waals surface area contributed by atoms with E-state index in [0.717, 1.165) is 5.56 Å². The number of carbonyl (C=O) groups excluding carboxylic acids is 2. The van der Waals surface area contributed by atoms with Crippen LogP contribution >= 0.6 is 11.6 Å². The van der Waals surface area contributed by atoms with Crippen LogP contribution in [0.2, 0.25) is 5.02 Å². The predicted octanol–water partition coefficient (Wildman–Crippen LogP) is 2.80. The second kappa shape index (κ2) is 7.79. The van der Waals surface area contributed by atoms with Crippen molar-refractivity contribution in [3.05, 3.63) is 28.8 Å². The summed E-state index contributed by atoms with van der Waals surface area (Å²) in [6, 6.07) is 5.19. The Labute approximate surface area is 117 Å². The zero-order chi connectivity index (χ0) is 14.3. The zero-order valence-electron chi connectivity index (χ0n) is 11.1. The van der Waals surface area contributed by atoms with Gasteiger partial charge in [0.25, 0.3) is 0 Å². The molecule has 0 saturated carbocycles. The van der Waals surface area contributed by atoms with Gasteiger partial charge in [-0.3, -0.25) is 9.59 Å². The molecule has 1 aromatic rings. The standard InChI is InChI=1S/C14H17ClO4/c1-3-19-14(17)7-5-11(16)8-10-4-6-12(15)13(9-10)18-2/h4,6,9H,3,5,7-8H2,1-2H3. The molecule has 0 amide bonds.